The van der Waals surface area contributed by atoms with Crippen molar-refractivity contribution in [1.82, 2.24) is 10.2 Å². The van der Waals surface area contributed by atoms with Crippen molar-refractivity contribution in [3.05, 3.63) is 47.1 Å². The van der Waals surface area contributed by atoms with E-state index in [1.807, 2.05) is 25.0 Å². The molecule has 1 aliphatic heterocycles. The SMILES string of the molecule is C=O.COc1ccc(CN(C)C(SCC(=O)NC2=NC3CC3C=C2)C2=C(C)CCCC2)cc1OC.[HH]. The van der Waals surface area contributed by atoms with Gasteiger partial charge in [0.2, 0.25) is 5.91 Å². The van der Waals surface area contributed by atoms with Gasteiger partial charge >= 0.3 is 0 Å². The first-order valence-electron chi connectivity index (χ1n) is 12.0. The molecule has 4 rings (SSSR count). The van der Waals surface area contributed by atoms with E-state index in [9.17, 15) is 4.79 Å². The minimum absolute atomic E-state index is 0. The molecule has 7 nitrogen and oxygen atoms in total. The van der Waals surface area contributed by atoms with E-state index in [-0.39, 0.29) is 12.7 Å². The molecular formula is C27H39N3O4S. The highest BCUT2D eigenvalue weighted by Crippen LogP contribution is 2.37. The van der Waals surface area contributed by atoms with Crippen molar-refractivity contribution in [2.75, 3.05) is 27.0 Å². The van der Waals surface area contributed by atoms with Gasteiger partial charge in [-0.3, -0.25) is 14.7 Å². The lowest BCUT2D eigenvalue weighted by Gasteiger charge is -2.33. The van der Waals surface area contributed by atoms with Crippen LogP contribution in [0.1, 0.15) is 46.0 Å². The van der Waals surface area contributed by atoms with Crippen LogP contribution in [0.5, 0.6) is 11.5 Å². The lowest BCUT2D eigenvalue weighted by Crippen LogP contribution is -2.36. The Bertz CT molecular complexity index is 997. The summed E-state index contributed by atoms with van der Waals surface area (Å²) >= 11 is 1.71. The summed E-state index contributed by atoms with van der Waals surface area (Å²) in [5, 5.41) is 3.15. The number of amides is 1. The number of hydrogen-bond donors (Lipinski definition) is 1. The Labute approximate surface area is 214 Å². The summed E-state index contributed by atoms with van der Waals surface area (Å²) in [6.07, 6.45) is 9.93. The normalized spacial score (nSPS) is 21.3. The summed E-state index contributed by atoms with van der Waals surface area (Å²) in [5.74, 6) is 3.19. The molecule has 1 heterocycles. The zero-order valence-electron chi connectivity index (χ0n) is 21.2. The van der Waals surface area contributed by atoms with Crippen LogP contribution in [0.25, 0.3) is 0 Å². The van der Waals surface area contributed by atoms with Gasteiger partial charge in [-0.25, -0.2) is 0 Å². The van der Waals surface area contributed by atoms with Crippen molar-refractivity contribution in [2.24, 2.45) is 10.9 Å². The van der Waals surface area contributed by atoms with Crippen molar-refractivity contribution < 1.29 is 20.5 Å². The summed E-state index contributed by atoms with van der Waals surface area (Å²) in [4.78, 5) is 27.7. The number of fused-ring (bicyclic) bond motifs is 1. The number of amidine groups is 1. The number of nitrogens with zero attached hydrogens (tertiary/aromatic N) is 2. The largest absolute Gasteiger partial charge is 0.493 e. The third kappa shape index (κ3) is 7.21. The number of aliphatic imine (C=N–C) groups is 1. The topological polar surface area (TPSA) is 80.2 Å². The Kier molecular flexibility index (Phi) is 9.98. The van der Waals surface area contributed by atoms with E-state index < -0.39 is 0 Å². The fraction of sp³-hybridized carbons (Fsp3) is 0.519. The average molecular weight is 502 g/mol. The van der Waals surface area contributed by atoms with Gasteiger partial charge in [0.1, 0.15) is 12.6 Å². The Morgan fingerprint density at radius 2 is 2.00 bits per heavy atom. The second kappa shape index (κ2) is 12.9. The monoisotopic (exact) mass is 501 g/mol. The van der Waals surface area contributed by atoms with Crippen LogP contribution in [0.15, 0.2) is 46.5 Å². The van der Waals surface area contributed by atoms with Crippen molar-refractivity contribution in [1.29, 1.82) is 0 Å². The molecular weight excluding hydrogens is 462 g/mol. The van der Waals surface area contributed by atoms with Gasteiger partial charge in [0, 0.05) is 13.9 Å². The van der Waals surface area contributed by atoms with Crippen LogP contribution >= 0.6 is 11.8 Å². The molecule has 1 fully saturated rings. The quantitative estimate of drug-likeness (QED) is 0.393. The predicted octanol–water partition coefficient (Wildman–Crippen LogP) is 4.62. The Balaban J connectivity index is 0.00000148. The van der Waals surface area contributed by atoms with Crippen LogP contribution in [0, 0.1) is 5.92 Å². The number of rotatable bonds is 9. The second-order valence-electron chi connectivity index (χ2n) is 9.17. The number of dihydropyridines is 1. The van der Waals surface area contributed by atoms with Gasteiger partial charge in [0.05, 0.1) is 31.4 Å². The molecule has 2 aliphatic carbocycles. The maximum Gasteiger partial charge on any atom is 0.235 e. The molecule has 192 valence electrons. The standard InChI is InChI=1S/C26H35N3O3S.CH2O.H2/c1-17-7-5-6-8-20(17)26(29(2)15-18-9-11-22(31-3)23(13-18)32-4)33-16-25(30)28-24-12-10-19-14-21(19)27-24;1-2;/h9-13,19,21,26H,5-8,14-16H2,1-4H3,(H,27,28,30);1H2;1H. The predicted molar refractivity (Wildman–Crippen MR) is 144 cm³/mol. The molecule has 0 radical (unpaired) electrons. The third-order valence-corrected chi connectivity index (χ3v) is 8.01. The van der Waals surface area contributed by atoms with Gasteiger partial charge < -0.3 is 19.6 Å². The van der Waals surface area contributed by atoms with Crippen LogP contribution in [-0.4, -0.2) is 61.9 Å². The van der Waals surface area contributed by atoms with Crippen LogP contribution in [-0.2, 0) is 16.1 Å². The minimum atomic E-state index is 0. The van der Waals surface area contributed by atoms with Gasteiger partial charge in [-0.05, 0) is 75.4 Å². The summed E-state index contributed by atoms with van der Waals surface area (Å²) in [7, 11) is 5.45. The first kappa shape index (κ1) is 27.0. The molecule has 0 aromatic heterocycles. The number of hydrogen-bond acceptors (Lipinski definition) is 7. The highest BCUT2D eigenvalue weighted by Gasteiger charge is 2.37. The van der Waals surface area contributed by atoms with Gasteiger partial charge in [-0.2, -0.15) is 0 Å². The molecule has 3 unspecified atom stereocenters. The zero-order valence-corrected chi connectivity index (χ0v) is 22.0. The lowest BCUT2D eigenvalue weighted by molar-refractivity contribution is -0.117. The molecule has 3 atom stereocenters. The molecule has 0 saturated heterocycles. The molecule has 1 saturated carbocycles. The summed E-state index contributed by atoms with van der Waals surface area (Å²) < 4.78 is 10.9. The van der Waals surface area contributed by atoms with Crippen LogP contribution in [0.3, 0.4) is 0 Å². The number of carbonyl (C=O) groups excluding carboxylic acids is 2. The molecule has 1 N–H and O–H groups in total. The number of methoxy groups -OCH3 is 2. The lowest BCUT2D eigenvalue weighted by atomic mass is 9.92. The van der Waals surface area contributed by atoms with E-state index >= 15 is 0 Å². The van der Waals surface area contributed by atoms with Crippen molar-refractivity contribution in [3.63, 3.8) is 0 Å². The number of carbonyl (C=O) groups is 2. The number of nitrogens with one attached hydrogen (secondary N) is 1. The molecule has 1 amide bonds. The first-order valence-corrected chi connectivity index (χ1v) is 13.1. The van der Waals surface area contributed by atoms with Gasteiger partial charge in [-0.15, -0.1) is 11.8 Å². The summed E-state index contributed by atoms with van der Waals surface area (Å²) in [6, 6.07) is 6.44. The van der Waals surface area contributed by atoms with Gasteiger partial charge in [0.25, 0.3) is 0 Å². The van der Waals surface area contributed by atoms with E-state index in [1.165, 1.54) is 24.0 Å². The smallest absolute Gasteiger partial charge is 0.235 e. The number of thioether (sulfide) groups is 1. The van der Waals surface area contributed by atoms with Gasteiger partial charge in [-0.1, -0.05) is 17.7 Å². The summed E-state index contributed by atoms with van der Waals surface area (Å²) in [6.45, 7) is 5.01. The maximum atomic E-state index is 12.7. The molecule has 8 heteroatoms. The van der Waals surface area contributed by atoms with E-state index in [4.69, 9.17) is 14.3 Å². The molecule has 0 spiro atoms. The second-order valence-corrected chi connectivity index (χ2v) is 10.2. The number of ether oxygens (including phenoxy) is 2. The van der Waals surface area contributed by atoms with E-state index in [2.05, 4.69) is 41.3 Å². The van der Waals surface area contributed by atoms with Crippen molar-refractivity contribution in [3.8, 4) is 11.5 Å². The molecule has 0 bridgehead atoms. The molecule has 35 heavy (non-hydrogen) atoms. The Morgan fingerprint density at radius 3 is 2.69 bits per heavy atom. The molecule has 3 aliphatic rings. The maximum absolute atomic E-state index is 12.7. The highest BCUT2D eigenvalue weighted by molar-refractivity contribution is 8.00. The van der Waals surface area contributed by atoms with Crippen molar-refractivity contribution >= 4 is 30.3 Å². The highest BCUT2D eigenvalue weighted by atomic mass is 32.2. The van der Waals surface area contributed by atoms with Crippen molar-refractivity contribution in [2.45, 2.75) is 57.0 Å². The fourth-order valence-electron chi connectivity index (χ4n) is 4.66. The average Bonchev–Trinajstić information content (AvgIpc) is 3.65. The van der Waals surface area contributed by atoms with Crippen LogP contribution < -0.4 is 14.8 Å². The van der Waals surface area contributed by atoms with E-state index in [0.717, 1.165) is 42.9 Å². The summed E-state index contributed by atoms with van der Waals surface area (Å²) in [5.41, 5.74) is 4.09. The number of likely N-dealkylation sites (N-methyl/N-ethyl adjacent to an activating group) is 1. The van der Waals surface area contributed by atoms with E-state index in [1.54, 1.807) is 26.0 Å². The Hall–Kier alpha value is -2.58. The third-order valence-electron chi connectivity index (χ3n) is 6.63. The molecule has 1 aromatic carbocycles. The first-order chi connectivity index (χ1) is 17.0. The van der Waals surface area contributed by atoms with Crippen LogP contribution in [0.2, 0.25) is 0 Å². The minimum Gasteiger partial charge on any atom is -0.493 e. The number of benzene rings is 1. The zero-order chi connectivity index (χ0) is 25.4. The molecule has 1 aromatic rings. The fourth-order valence-corrected chi connectivity index (χ4v) is 5.89. The number of allylic oxidation sites excluding steroid dienone is 1. The van der Waals surface area contributed by atoms with E-state index in [0.29, 0.717) is 23.5 Å². The van der Waals surface area contributed by atoms with Gasteiger partial charge in [0.15, 0.2) is 11.5 Å². The Morgan fingerprint density at radius 1 is 1.26 bits per heavy atom. The van der Waals surface area contributed by atoms with Crippen LogP contribution in [0.4, 0.5) is 0 Å².